The molecule has 8 heteroatoms. The van der Waals surface area contributed by atoms with Crippen molar-refractivity contribution in [3.05, 3.63) is 33.3 Å². The van der Waals surface area contributed by atoms with Gasteiger partial charge in [-0.25, -0.2) is 4.98 Å². The maximum Gasteiger partial charge on any atom is 0.273 e. The Kier molecular flexibility index (Phi) is 5.62. The van der Waals surface area contributed by atoms with E-state index < -0.39 is 0 Å². The van der Waals surface area contributed by atoms with E-state index in [2.05, 4.69) is 23.8 Å². The Morgan fingerprint density at radius 3 is 3.05 bits per heavy atom. The highest BCUT2D eigenvalue weighted by atomic mass is 32.1. The van der Waals surface area contributed by atoms with E-state index in [1.807, 2.05) is 0 Å². The summed E-state index contributed by atoms with van der Waals surface area (Å²) in [7, 11) is 0. The van der Waals surface area contributed by atoms with Crippen LogP contribution in [-0.2, 0) is 17.9 Å². The van der Waals surface area contributed by atoms with Gasteiger partial charge in [-0.1, -0.05) is 30.8 Å². The van der Waals surface area contributed by atoms with Gasteiger partial charge in [-0.2, -0.15) is 0 Å². The molecule has 0 fully saturated rings. The van der Waals surface area contributed by atoms with Crippen LogP contribution in [0.15, 0.2) is 23.8 Å². The maximum absolute atomic E-state index is 12.4. The summed E-state index contributed by atoms with van der Waals surface area (Å²) in [4.78, 5) is 28.5. The molecule has 0 atom stereocenters. The van der Waals surface area contributed by atoms with Crippen molar-refractivity contribution in [1.29, 1.82) is 0 Å². The van der Waals surface area contributed by atoms with E-state index in [0.29, 0.717) is 27.4 Å². The van der Waals surface area contributed by atoms with Gasteiger partial charge < -0.3 is 9.88 Å². The lowest BCUT2D eigenvalue weighted by molar-refractivity contribution is -0.121. The monoisotopic (exact) mass is 338 g/mol. The first-order chi connectivity index (χ1) is 10.6. The molecular formula is C14H18N4O2S2. The predicted octanol–water partition coefficient (Wildman–Crippen LogP) is 2.09. The number of hydrogen-bond donors (Lipinski definition) is 1. The van der Waals surface area contributed by atoms with Gasteiger partial charge in [0.25, 0.3) is 5.56 Å². The molecule has 0 spiro atoms. The van der Waals surface area contributed by atoms with Crippen molar-refractivity contribution in [2.75, 3.05) is 6.54 Å². The molecule has 1 amide bonds. The third-order valence-electron chi connectivity index (χ3n) is 3.12. The number of nitrogens with zero attached hydrogens (tertiary/aromatic N) is 3. The molecule has 2 aromatic rings. The number of amides is 1. The fourth-order valence-electron chi connectivity index (χ4n) is 1.99. The number of aromatic nitrogens is 3. The zero-order chi connectivity index (χ0) is 16.1. The minimum atomic E-state index is -0.241. The number of rotatable bonds is 7. The Labute approximate surface area is 137 Å². The van der Waals surface area contributed by atoms with E-state index >= 15 is 0 Å². The van der Waals surface area contributed by atoms with Crippen LogP contribution in [0, 0.1) is 3.95 Å². The fraction of sp³-hybridized carbons (Fsp3) is 0.429. The molecule has 0 aliphatic carbocycles. The lowest BCUT2D eigenvalue weighted by Crippen LogP contribution is -2.32. The van der Waals surface area contributed by atoms with Crippen LogP contribution >= 0.6 is 23.6 Å². The largest absolute Gasteiger partial charge is 0.355 e. The Morgan fingerprint density at radius 2 is 2.36 bits per heavy atom. The van der Waals surface area contributed by atoms with Gasteiger partial charge in [0.1, 0.15) is 17.6 Å². The summed E-state index contributed by atoms with van der Waals surface area (Å²) in [6.45, 7) is 6.82. The van der Waals surface area contributed by atoms with Crippen molar-refractivity contribution in [3.63, 3.8) is 0 Å². The second-order valence-electron chi connectivity index (χ2n) is 4.80. The van der Waals surface area contributed by atoms with Gasteiger partial charge in [0.15, 0.2) is 9.60 Å². The fourth-order valence-corrected chi connectivity index (χ4v) is 3.31. The van der Waals surface area contributed by atoms with Crippen molar-refractivity contribution in [2.24, 2.45) is 0 Å². The van der Waals surface area contributed by atoms with Crippen LogP contribution in [-0.4, -0.2) is 26.6 Å². The maximum atomic E-state index is 12.4. The van der Waals surface area contributed by atoms with Crippen molar-refractivity contribution in [1.82, 2.24) is 19.4 Å². The number of carbonyl (C=O) groups is 1. The van der Waals surface area contributed by atoms with E-state index in [0.717, 1.165) is 12.8 Å². The number of hydrogen-bond acceptors (Lipinski definition) is 5. The zero-order valence-corrected chi connectivity index (χ0v) is 14.0. The Bertz CT molecular complexity index is 803. The van der Waals surface area contributed by atoms with Gasteiger partial charge in [0.2, 0.25) is 5.91 Å². The Morgan fingerprint density at radius 1 is 1.59 bits per heavy atom. The average molecular weight is 338 g/mol. The van der Waals surface area contributed by atoms with E-state index in [1.54, 1.807) is 10.6 Å². The molecular weight excluding hydrogens is 320 g/mol. The minimum Gasteiger partial charge on any atom is -0.355 e. The first-order valence-corrected chi connectivity index (χ1v) is 8.27. The third-order valence-corrected chi connectivity index (χ3v) is 4.55. The molecule has 0 bridgehead atoms. The number of fused-ring (bicyclic) bond motifs is 1. The topological polar surface area (TPSA) is 68.9 Å². The second-order valence-corrected chi connectivity index (χ2v) is 6.45. The van der Waals surface area contributed by atoms with Crippen molar-refractivity contribution >= 4 is 39.8 Å². The van der Waals surface area contributed by atoms with Crippen LogP contribution in [0.25, 0.3) is 10.3 Å². The predicted molar refractivity (Wildman–Crippen MR) is 90.8 cm³/mol. The van der Waals surface area contributed by atoms with E-state index in [-0.39, 0.29) is 18.0 Å². The summed E-state index contributed by atoms with van der Waals surface area (Å²) in [5.41, 5.74) is 0.303. The molecule has 2 aromatic heterocycles. The van der Waals surface area contributed by atoms with Crippen LogP contribution in [0.3, 0.4) is 0 Å². The van der Waals surface area contributed by atoms with Crippen LogP contribution in [0.5, 0.6) is 0 Å². The Hall–Kier alpha value is -1.80. The Balaban J connectivity index is 2.28. The SMILES string of the molecule is C=CCn1c(=S)sc2c(=O)n(CC(=O)NCCCC)cnc21. The summed E-state index contributed by atoms with van der Waals surface area (Å²) in [5.74, 6) is -0.189. The highest BCUT2D eigenvalue weighted by Gasteiger charge is 2.12. The molecule has 0 unspecified atom stereocenters. The molecule has 0 radical (unpaired) electrons. The van der Waals surface area contributed by atoms with Gasteiger partial charge >= 0.3 is 0 Å². The van der Waals surface area contributed by atoms with Gasteiger partial charge in [0, 0.05) is 13.1 Å². The molecule has 22 heavy (non-hydrogen) atoms. The molecule has 118 valence electrons. The van der Waals surface area contributed by atoms with Crippen molar-refractivity contribution in [3.8, 4) is 0 Å². The van der Waals surface area contributed by atoms with Crippen LogP contribution in [0.1, 0.15) is 19.8 Å². The molecule has 2 rings (SSSR count). The van der Waals surface area contributed by atoms with Crippen LogP contribution in [0.2, 0.25) is 0 Å². The number of unbranched alkanes of at least 4 members (excludes halogenated alkanes) is 1. The van der Waals surface area contributed by atoms with E-state index in [4.69, 9.17) is 12.2 Å². The molecule has 2 heterocycles. The zero-order valence-electron chi connectivity index (χ0n) is 12.4. The lowest BCUT2D eigenvalue weighted by Gasteiger charge is -2.07. The van der Waals surface area contributed by atoms with Gasteiger partial charge in [-0.3, -0.25) is 14.2 Å². The minimum absolute atomic E-state index is 0.0302. The highest BCUT2D eigenvalue weighted by Crippen LogP contribution is 2.17. The first-order valence-electron chi connectivity index (χ1n) is 7.04. The first kappa shape index (κ1) is 16.6. The number of nitrogens with one attached hydrogen (secondary N) is 1. The highest BCUT2D eigenvalue weighted by molar-refractivity contribution is 7.73. The summed E-state index contributed by atoms with van der Waals surface area (Å²) < 4.78 is 4.11. The second kappa shape index (κ2) is 7.46. The smallest absolute Gasteiger partial charge is 0.273 e. The van der Waals surface area contributed by atoms with Gasteiger partial charge in [-0.05, 0) is 18.6 Å². The molecule has 6 nitrogen and oxygen atoms in total. The van der Waals surface area contributed by atoms with E-state index in [9.17, 15) is 9.59 Å². The summed E-state index contributed by atoms with van der Waals surface area (Å²) in [6, 6.07) is 0. The quantitative estimate of drug-likeness (QED) is 0.477. The summed E-state index contributed by atoms with van der Waals surface area (Å²) in [5, 5.41) is 2.78. The standard InChI is InChI=1S/C14H18N4O2S2/c1-3-5-6-15-10(19)8-17-9-16-12-11(13(17)20)22-14(21)18(12)7-4-2/h4,9H,2-3,5-8H2,1H3,(H,15,19). The molecule has 0 saturated carbocycles. The van der Waals surface area contributed by atoms with Crippen LogP contribution in [0.4, 0.5) is 0 Å². The van der Waals surface area contributed by atoms with Gasteiger partial charge in [-0.15, -0.1) is 6.58 Å². The summed E-state index contributed by atoms with van der Waals surface area (Å²) >= 11 is 6.46. The van der Waals surface area contributed by atoms with Gasteiger partial charge in [0.05, 0.1) is 0 Å². The summed E-state index contributed by atoms with van der Waals surface area (Å²) in [6.07, 6.45) is 5.03. The van der Waals surface area contributed by atoms with Crippen LogP contribution < -0.4 is 10.9 Å². The molecule has 0 aliphatic heterocycles. The number of carbonyl (C=O) groups excluding carboxylic acids is 1. The van der Waals surface area contributed by atoms with Crippen molar-refractivity contribution in [2.45, 2.75) is 32.9 Å². The molecule has 0 saturated heterocycles. The lowest BCUT2D eigenvalue weighted by atomic mass is 10.3. The average Bonchev–Trinajstić information content (AvgIpc) is 2.80. The third kappa shape index (κ3) is 3.50. The van der Waals surface area contributed by atoms with Crippen molar-refractivity contribution < 1.29 is 4.79 Å². The number of thiazole rings is 1. The normalized spacial score (nSPS) is 10.8. The number of allylic oxidation sites excluding steroid dienone is 1. The molecule has 0 aliphatic rings. The molecule has 0 aromatic carbocycles. The van der Waals surface area contributed by atoms with E-state index in [1.165, 1.54) is 22.2 Å². The molecule has 1 N–H and O–H groups in total.